The molecule has 0 radical (unpaired) electrons. The molecule has 5 nitrogen and oxygen atoms in total. The first-order valence-electron chi connectivity index (χ1n) is 6.96. The Morgan fingerprint density at radius 1 is 1.19 bits per heavy atom. The van der Waals surface area contributed by atoms with E-state index in [1.807, 2.05) is 20.8 Å². The maximum atomic E-state index is 11.6. The number of sulfonamides is 1. The number of hydrogen-bond acceptors (Lipinski definition) is 3. The van der Waals surface area contributed by atoms with Crippen LogP contribution < -0.4 is 10.5 Å². The summed E-state index contributed by atoms with van der Waals surface area (Å²) in [6.07, 6.45) is 2.10. The van der Waals surface area contributed by atoms with Crippen molar-refractivity contribution in [3.8, 4) is 0 Å². The van der Waals surface area contributed by atoms with Gasteiger partial charge in [-0.1, -0.05) is 32.9 Å². The van der Waals surface area contributed by atoms with Crippen LogP contribution in [0, 0.1) is 5.41 Å². The summed E-state index contributed by atoms with van der Waals surface area (Å²) in [5.74, 6) is 0.0621. The number of primary sulfonamides is 1. The van der Waals surface area contributed by atoms with Crippen molar-refractivity contribution in [2.45, 2.75) is 44.9 Å². The monoisotopic (exact) mass is 312 g/mol. The molecular weight excluding hydrogens is 288 g/mol. The van der Waals surface area contributed by atoms with E-state index in [0.29, 0.717) is 13.0 Å². The van der Waals surface area contributed by atoms with Crippen LogP contribution in [0.15, 0.2) is 29.2 Å². The van der Waals surface area contributed by atoms with Crippen LogP contribution in [0.3, 0.4) is 0 Å². The fraction of sp³-hybridized carbons (Fsp3) is 0.533. The Morgan fingerprint density at radius 3 is 2.24 bits per heavy atom. The van der Waals surface area contributed by atoms with Crippen molar-refractivity contribution in [3.05, 3.63) is 29.8 Å². The van der Waals surface area contributed by atoms with Gasteiger partial charge in [0.05, 0.1) is 4.90 Å². The van der Waals surface area contributed by atoms with Crippen molar-refractivity contribution in [2.24, 2.45) is 10.6 Å². The van der Waals surface area contributed by atoms with E-state index in [9.17, 15) is 13.2 Å². The van der Waals surface area contributed by atoms with Gasteiger partial charge in [0, 0.05) is 13.0 Å². The molecule has 3 N–H and O–H groups in total. The minimum atomic E-state index is -3.63. The Labute approximate surface area is 127 Å². The quantitative estimate of drug-likeness (QED) is 0.785. The van der Waals surface area contributed by atoms with Gasteiger partial charge in [-0.2, -0.15) is 0 Å². The van der Waals surface area contributed by atoms with Gasteiger partial charge in [-0.3, -0.25) is 4.79 Å². The minimum Gasteiger partial charge on any atom is -0.356 e. The van der Waals surface area contributed by atoms with E-state index in [1.54, 1.807) is 12.1 Å². The second-order valence-corrected chi connectivity index (χ2v) is 7.94. The second kappa shape index (κ2) is 7.04. The number of nitrogens with two attached hydrogens (primary N) is 1. The van der Waals surface area contributed by atoms with Crippen LogP contribution >= 0.6 is 0 Å². The first-order chi connectivity index (χ1) is 9.58. The zero-order valence-electron chi connectivity index (χ0n) is 12.8. The minimum absolute atomic E-state index is 0.00632. The van der Waals surface area contributed by atoms with Crippen LogP contribution in [0.4, 0.5) is 0 Å². The number of hydrogen-bond donors (Lipinski definition) is 2. The summed E-state index contributed by atoms with van der Waals surface area (Å²) in [6, 6.07) is 6.50. The average Bonchev–Trinajstić information content (AvgIpc) is 2.32. The Kier molecular flexibility index (Phi) is 5.92. The normalized spacial score (nSPS) is 12.2. The average molecular weight is 312 g/mol. The van der Waals surface area contributed by atoms with Crippen LogP contribution in [-0.4, -0.2) is 20.9 Å². The van der Waals surface area contributed by atoms with Crippen molar-refractivity contribution in [1.29, 1.82) is 0 Å². The van der Waals surface area contributed by atoms with Gasteiger partial charge in [-0.15, -0.1) is 0 Å². The predicted molar refractivity (Wildman–Crippen MR) is 83.2 cm³/mol. The molecule has 0 fully saturated rings. The number of rotatable bonds is 6. The Balaban J connectivity index is 2.35. The van der Waals surface area contributed by atoms with Crippen molar-refractivity contribution in [2.75, 3.05) is 6.54 Å². The molecule has 0 aliphatic heterocycles. The first kappa shape index (κ1) is 17.7. The summed E-state index contributed by atoms with van der Waals surface area (Å²) < 4.78 is 22.2. The van der Waals surface area contributed by atoms with Gasteiger partial charge in [-0.25, -0.2) is 13.6 Å². The lowest BCUT2D eigenvalue weighted by molar-refractivity contribution is -0.122. The van der Waals surface area contributed by atoms with Crippen LogP contribution in [0.1, 0.15) is 39.2 Å². The lowest BCUT2D eigenvalue weighted by atomic mass is 9.92. The fourth-order valence-corrected chi connectivity index (χ4v) is 2.43. The zero-order chi connectivity index (χ0) is 16.1. The maximum absolute atomic E-state index is 11.6. The van der Waals surface area contributed by atoms with Gasteiger partial charge < -0.3 is 5.32 Å². The maximum Gasteiger partial charge on any atom is 0.238 e. The van der Waals surface area contributed by atoms with Gasteiger partial charge in [0.15, 0.2) is 0 Å². The third-order valence-electron chi connectivity index (χ3n) is 2.91. The van der Waals surface area contributed by atoms with Crippen molar-refractivity contribution >= 4 is 15.9 Å². The van der Waals surface area contributed by atoms with Crippen LogP contribution in [0.25, 0.3) is 0 Å². The summed E-state index contributed by atoms with van der Waals surface area (Å²) in [6.45, 7) is 6.70. The largest absolute Gasteiger partial charge is 0.356 e. The third-order valence-corrected chi connectivity index (χ3v) is 3.84. The molecule has 0 heterocycles. The SMILES string of the molecule is CC(C)(C)CC(=O)NCCCc1ccc(S(N)(=O)=O)cc1. The molecule has 0 saturated carbocycles. The molecule has 0 unspecified atom stereocenters. The van der Waals surface area contributed by atoms with Gasteiger partial charge in [0.25, 0.3) is 0 Å². The highest BCUT2D eigenvalue weighted by molar-refractivity contribution is 7.89. The van der Waals surface area contributed by atoms with Crippen molar-refractivity contribution in [1.82, 2.24) is 5.32 Å². The highest BCUT2D eigenvalue weighted by Gasteiger charge is 2.15. The van der Waals surface area contributed by atoms with Crippen molar-refractivity contribution in [3.63, 3.8) is 0 Å². The van der Waals surface area contributed by atoms with Crippen LogP contribution in [0.5, 0.6) is 0 Å². The fourth-order valence-electron chi connectivity index (χ4n) is 1.91. The summed E-state index contributed by atoms with van der Waals surface area (Å²) in [7, 11) is -3.63. The molecule has 1 amide bonds. The predicted octanol–water partition coefficient (Wildman–Crippen LogP) is 1.82. The molecule has 0 bridgehead atoms. The van der Waals surface area contributed by atoms with E-state index in [-0.39, 0.29) is 16.2 Å². The lowest BCUT2D eigenvalue weighted by Gasteiger charge is -2.17. The number of carbonyl (C=O) groups excluding carboxylic acids is 1. The summed E-state index contributed by atoms with van der Waals surface area (Å²) in [4.78, 5) is 11.7. The number of nitrogens with one attached hydrogen (secondary N) is 1. The molecule has 1 rings (SSSR count). The molecule has 0 spiro atoms. The van der Waals surface area contributed by atoms with E-state index < -0.39 is 10.0 Å². The van der Waals surface area contributed by atoms with E-state index in [0.717, 1.165) is 18.4 Å². The third kappa shape index (κ3) is 7.24. The summed E-state index contributed by atoms with van der Waals surface area (Å²) >= 11 is 0. The molecule has 21 heavy (non-hydrogen) atoms. The molecule has 0 saturated heterocycles. The molecule has 1 aromatic rings. The van der Waals surface area contributed by atoms with E-state index >= 15 is 0 Å². The standard InChI is InChI=1S/C15H24N2O3S/c1-15(2,3)11-14(18)17-10-4-5-12-6-8-13(9-7-12)21(16,19)20/h6-9H,4-5,10-11H2,1-3H3,(H,17,18)(H2,16,19,20). The van der Waals surface area contributed by atoms with Gasteiger partial charge in [-0.05, 0) is 36.0 Å². The number of aryl methyl sites for hydroxylation is 1. The molecule has 0 atom stereocenters. The van der Waals surface area contributed by atoms with E-state index in [2.05, 4.69) is 5.32 Å². The van der Waals surface area contributed by atoms with E-state index in [1.165, 1.54) is 12.1 Å². The molecule has 1 aromatic carbocycles. The van der Waals surface area contributed by atoms with Crippen LogP contribution in [0.2, 0.25) is 0 Å². The molecule has 6 heteroatoms. The molecule has 118 valence electrons. The molecular formula is C15H24N2O3S. The molecule has 0 aliphatic rings. The number of carbonyl (C=O) groups is 1. The van der Waals surface area contributed by atoms with Crippen molar-refractivity contribution < 1.29 is 13.2 Å². The Morgan fingerprint density at radius 2 is 1.76 bits per heavy atom. The highest BCUT2D eigenvalue weighted by atomic mass is 32.2. The number of amides is 1. The number of benzene rings is 1. The zero-order valence-corrected chi connectivity index (χ0v) is 13.7. The highest BCUT2D eigenvalue weighted by Crippen LogP contribution is 2.17. The van der Waals surface area contributed by atoms with E-state index in [4.69, 9.17) is 5.14 Å². The Hall–Kier alpha value is -1.40. The molecule has 0 aromatic heterocycles. The smallest absolute Gasteiger partial charge is 0.238 e. The summed E-state index contributed by atoms with van der Waals surface area (Å²) in [5.41, 5.74) is 1.01. The molecule has 0 aliphatic carbocycles. The first-order valence-corrected chi connectivity index (χ1v) is 8.51. The second-order valence-electron chi connectivity index (χ2n) is 6.38. The van der Waals surface area contributed by atoms with Gasteiger partial charge >= 0.3 is 0 Å². The Bertz CT molecular complexity index is 572. The van der Waals surface area contributed by atoms with Gasteiger partial charge in [0.1, 0.15) is 0 Å². The van der Waals surface area contributed by atoms with Crippen LogP contribution in [-0.2, 0) is 21.2 Å². The topological polar surface area (TPSA) is 89.3 Å². The lowest BCUT2D eigenvalue weighted by Crippen LogP contribution is -2.28. The summed E-state index contributed by atoms with van der Waals surface area (Å²) in [5, 5.41) is 7.93. The van der Waals surface area contributed by atoms with Gasteiger partial charge in [0.2, 0.25) is 15.9 Å².